The summed E-state index contributed by atoms with van der Waals surface area (Å²) < 4.78 is 0. The Kier molecular flexibility index (Phi) is 5.49. The zero-order valence-electron chi connectivity index (χ0n) is 13.0. The van der Waals surface area contributed by atoms with Crippen LogP contribution in [0.25, 0.3) is 0 Å². The summed E-state index contributed by atoms with van der Waals surface area (Å²) in [6.07, 6.45) is 8.11. The highest BCUT2D eigenvalue weighted by Crippen LogP contribution is 2.31. The maximum absolute atomic E-state index is 12.7. The molecule has 0 amide bonds. The number of ketones is 2. The van der Waals surface area contributed by atoms with E-state index in [9.17, 15) is 9.59 Å². The summed E-state index contributed by atoms with van der Waals surface area (Å²) in [5.74, 6) is 0.267. The number of carbonyl (C=O) groups is 2. The first kappa shape index (κ1) is 15.7. The smallest absolute Gasteiger partial charge is 0.190 e. The molecule has 1 atom stereocenters. The number of benzene rings is 1. The molecule has 0 spiro atoms. The van der Waals surface area contributed by atoms with Crippen LogP contribution >= 0.6 is 0 Å². The van der Waals surface area contributed by atoms with E-state index in [2.05, 4.69) is 13.8 Å². The highest BCUT2D eigenvalue weighted by Gasteiger charge is 2.29. The maximum Gasteiger partial charge on any atom is 0.190 e. The third-order valence-electron chi connectivity index (χ3n) is 4.22. The molecule has 2 rings (SSSR count). The second-order valence-electron chi connectivity index (χ2n) is 5.82. The van der Waals surface area contributed by atoms with Crippen molar-refractivity contribution in [3.8, 4) is 0 Å². The van der Waals surface area contributed by atoms with E-state index in [1.54, 1.807) is 18.2 Å². The quantitative estimate of drug-likeness (QED) is 0.661. The topological polar surface area (TPSA) is 34.1 Å². The molecular formula is C19H24O2. The molecule has 112 valence electrons. The van der Waals surface area contributed by atoms with E-state index in [-0.39, 0.29) is 17.5 Å². The number of Topliss-reactive ketones (excluding diaryl/α,β-unsaturated/α-hetero) is 1. The summed E-state index contributed by atoms with van der Waals surface area (Å²) in [5.41, 5.74) is 1.86. The van der Waals surface area contributed by atoms with Gasteiger partial charge in [-0.15, -0.1) is 0 Å². The van der Waals surface area contributed by atoms with Gasteiger partial charge in [0.2, 0.25) is 0 Å². The Labute approximate surface area is 127 Å². The van der Waals surface area contributed by atoms with Crippen molar-refractivity contribution < 1.29 is 9.59 Å². The van der Waals surface area contributed by atoms with Gasteiger partial charge in [-0.05, 0) is 24.8 Å². The van der Waals surface area contributed by atoms with E-state index in [4.69, 9.17) is 0 Å². The van der Waals surface area contributed by atoms with Crippen molar-refractivity contribution in [3.05, 3.63) is 47.0 Å². The van der Waals surface area contributed by atoms with E-state index in [1.165, 1.54) is 12.8 Å². The van der Waals surface area contributed by atoms with Gasteiger partial charge in [0, 0.05) is 16.7 Å². The lowest BCUT2D eigenvalue weighted by Crippen LogP contribution is -2.22. The van der Waals surface area contributed by atoms with Crippen molar-refractivity contribution >= 4 is 11.6 Å². The van der Waals surface area contributed by atoms with Crippen LogP contribution in [0, 0.1) is 5.92 Å². The highest BCUT2D eigenvalue weighted by atomic mass is 16.1. The predicted molar refractivity (Wildman–Crippen MR) is 85.7 cm³/mol. The number of fused-ring (bicyclic) bond motifs is 1. The van der Waals surface area contributed by atoms with Crippen molar-refractivity contribution in [1.82, 2.24) is 0 Å². The summed E-state index contributed by atoms with van der Waals surface area (Å²) in [6.45, 7) is 4.32. The van der Waals surface area contributed by atoms with Gasteiger partial charge in [-0.3, -0.25) is 9.59 Å². The van der Waals surface area contributed by atoms with Gasteiger partial charge in [-0.25, -0.2) is 0 Å². The number of hydrogen-bond acceptors (Lipinski definition) is 2. The third-order valence-corrected chi connectivity index (χ3v) is 4.22. The molecule has 0 saturated carbocycles. The first-order chi connectivity index (χ1) is 10.2. The molecule has 0 aromatic heterocycles. The fourth-order valence-electron chi connectivity index (χ4n) is 3.08. The minimum atomic E-state index is -0.0169. The van der Waals surface area contributed by atoms with Crippen LogP contribution in [0.5, 0.6) is 0 Å². The van der Waals surface area contributed by atoms with Gasteiger partial charge in [-0.2, -0.15) is 0 Å². The average molecular weight is 284 g/mol. The van der Waals surface area contributed by atoms with Crippen molar-refractivity contribution in [2.75, 3.05) is 0 Å². The number of rotatable bonds is 7. The van der Waals surface area contributed by atoms with Crippen LogP contribution in [0.15, 0.2) is 35.9 Å². The average Bonchev–Trinajstić information content (AvgIpc) is 2.50. The Balaban J connectivity index is 2.25. The van der Waals surface area contributed by atoms with E-state index >= 15 is 0 Å². The number of carbonyl (C=O) groups excluding carboxylic acids is 2. The molecule has 0 saturated heterocycles. The molecule has 2 nitrogen and oxygen atoms in total. The predicted octanol–water partition coefficient (Wildman–Crippen LogP) is 4.99. The van der Waals surface area contributed by atoms with Gasteiger partial charge in [0.1, 0.15) is 0 Å². The van der Waals surface area contributed by atoms with E-state index < -0.39 is 0 Å². The van der Waals surface area contributed by atoms with Gasteiger partial charge in [0.25, 0.3) is 0 Å². The van der Waals surface area contributed by atoms with Gasteiger partial charge in [0.05, 0.1) is 0 Å². The van der Waals surface area contributed by atoms with Crippen LogP contribution in [0.2, 0.25) is 0 Å². The summed E-state index contributed by atoms with van der Waals surface area (Å²) in [7, 11) is 0. The first-order valence-electron chi connectivity index (χ1n) is 8.08. The van der Waals surface area contributed by atoms with Crippen LogP contribution < -0.4 is 0 Å². The Morgan fingerprint density at radius 2 is 1.62 bits per heavy atom. The third kappa shape index (κ3) is 3.49. The van der Waals surface area contributed by atoms with Gasteiger partial charge in [0.15, 0.2) is 11.6 Å². The highest BCUT2D eigenvalue weighted by molar-refractivity contribution is 6.24. The fraction of sp³-hybridized carbons (Fsp3) is 0.474. The Hall–Kier alpha value is -1.70. The lowest BCUT2D eigenvalue weighted by atomic mass is 9.79. The van der Waals surface area contributed by atoms with Gasteiger partial charge < -0.3 is 0 Å². The normalized spacial score (nSPS) is 15.6. The molecule has 0 N–H and O–H groups in total. The molecule has 1 aromatic carbocycles. The van der Waals surface area contributed by atoms with Crippen LogP contribution in [-0.4, -0.2) is 11.6 Å². The van der Waals surface area contributed by atoms with Crippen LogP contribution in [0.3, 0.4) is 0 Å². The Bertz CT molecular complexity index is 554. The Morgan fingerprint density at radius 1 is 0.905 bits per heavy atom. The number of allylic oxidation sites excluding steroid dienone is 2. The largest absolute Gasteiger partial charge is 0.289 e. The van der Waals surface area contributed by atoms with E-state index in [0.29, 0.717) is 11.1 Å². The van der Waals surface area contributed by atoms with Crippen LogP contribution in [0.4, 0.5) is 0 Å². The first-order valence-corrected chi connectivity index (χ1v) is 8.08. The standard InChI is InChI=1S/C19H24O2/c1-3-5-6-10-14(9-4-2)17-13-18(20)15-11-7-8-12-16(15)19(17)21/h7-8,11-14H,3-6,9-10H2,1-2H3. The molecule has 1 aliphatic carbocycles. The fourth-order valence-corrected chi connectivity index (χ4v) is 3.08. The number of hydrogen-bond donors (Lipinski definition) is 0. The second-order valence-corrected chi connectivity index (χ2v) is 5.82. The molecule has 0 heterocycles. The minimum Gasteiger partial charge on any atom is -0.289 e. The van der Waals surface area contributed by atoms with Gasteiger partial charge in [-0.1, -0.05) is 63.8 Å². The van der Waals surface area contributed by atoms with Crippen molar-refractivity contribution in [3.63, 3.8) is 0 Å². The number of unbranched alkanes of at least 4 members (excludes halogenated alkanes) is 2. The summed E-state index contributed by atoms with van der Waals surface area (Å²) in [5, 5.41) is 0. The summed E-state index contributed by atoms with van der Waals surface area (Å²) >= 11 is 0. The molecular weight excluding hydrogens is 260 g/mol. The van der Waals surface area contributed by atoms with Crippen LogP contribution in [0.1, 0.15) is 73.1 Å². The maximum atomic E-state index is 12.7. The zero-order chi connectivity index (χ0) is 15.2. The molecule has 1 aromatic rings. The Morgan fingerprint density at radius 3 is 2.29 bits per heavy atom. The second kappa shape index (κ2) is 7.35. The SMILES string of the molecule is CCCCCC(CCC)C1=CC(=O)c2ccccc2C1=O. The molecule has 0 bridgehead atoms. The van der Waals surface area contributed by atoms with Gasteiger partial charge >= 0.3 is 0 Å². The lowest BCUT2D eigenvalue weighted by Gasteiger charge is -2.22. The lowest BCUT2D eigenvalue weighted by molar-refractivity contribution is 0.0972. The minimum absolute atomic E-state index is 0.0169. The monoisotopic (exact) mass is 284 g/mol. The van der Waals surface area contributed by atoms with Crippen molar-refractivity contribution in [1.29, 1.82) is 0 Å². The molecule has 1 unspecified atom stereocenters. The van der Waals surface area contributed by atoms with E-state index in [0.717, 1.165) is 31.3 Å². The van der Waals surface area contributed by atoms with Crippen molar-refractivity contribution in [2.24, 2.45) is 5.92 Å². The van der Waals surface area contributed by atoms with E-state index in [1.807, 2.05) is 12.1 Å². The molecule has 0 aliphatic heterocycles. The molecule has 2 heteroatoms. The zero-order valence-corrected chi connectivity index (χ0v) is 13.0. The molecule has 0 fully saturated rings. The summed E-state index contributed by atoms with van der Waals surface area (Å²) in [6, 6.07) is 7.17. The molecule has 0 radical (unpaired) electrons. The van der Waals surface area contributed by atoms with Crippen LogP contribution in [-0.2, 0) is 0 Å². The molecule has 1 aliphatic rings. The summed E-state index contributed by atoms with van der Waals surface area (Å²) in [4.78, 5) is 24.9. The molecule has 21 heavy (non-hydrogen) atoms. The van der Waals surface area contributed by atoms with Crippen molar-refractivity contribution in [2.45, 2.75) is 52.4 Å².